The first-order chi connectivity index (χ1) is 19.2. The molecule has 4 nitrogen and oxygen atoms in total. The summed E-state index contributed by atoms with van der Waals surface area (Å²) in [5, 5.41) is 22.7. The van der Waals surface area contributed by atoms with E-state index in [1.165, 1.54) is 109 Å². The standard InChI is InChI=1S/C35H65NO3/c1-3-5-7-9-11-13-15-17-19-20-22-24-26-28-30-34(38)33(32-37)36-35(39)31-29-27-25-23-21-18-16-14-12-10-8-6-4-2/h18,21,25,27-28,30,33-34,37-38H,3-17,19-20,22-24,26,29,31-32H2,1-2H3,(H,36,39)/b21-18-,27-25-,30-28+. The van der Waals surface area contributed by atoms with Crippen molar-refractivity contribution in [2.24, 2.45) is 0 Å². The highest BCUT2D eigenvalue weighted by Gasteiger charge is 2.17. The molecule has 39 heavy (non-hydrogen) atoms. The number of carbonyl (C=O) groups excluding carboxylic acids is 1. The number of unbranched alkanes of at least 4 members (excludes halogenated alkanes) is 18. The first kappa shape index (κ1) is 37.6. The van der Waals surface area contributed by atoms with Crippen LogP contribution in [0.2, 0.25) is 0 Å². The monoisotopic (exact) mass is 547 g/mol. The van der Waals surface area contributed by atoms with Gasteiger partial charge in [0.25, 0.3) is 0 Å². The van der Waals surface area contributed by atoms with Crippen LogP contribution in [-0.4, -0.2) is 34.9 Å². The summed E-state index contributed by atoms with van der Waals surface area (Å²) in [5.41, 5.74) is 0. The summed E-state index contributed by atoms with van der Waals surface area (Å²) >= 11 is 0. The first-order valence-electron chi connectivity index (χ1n) is 16.7. The van der Waals surface area contributed by atoms with Gasteiger partial charge in [-0.2, -0.15) is 0 Å². The van der Waals surface area contributed by atoms with Gasteiger partial charge in [-0.3, -0.25) is 4.79 Å². The molecule has 2 atom stereocenters. The zero-order valence-electron chi connectivity index (χ0n) is 25.9. The van der Waals surface area contributed by atoms with E-state index in [4.69, 9.17) is 0 Å². The van der Waals surface area contributed by atoms with Crippen molar-refractivity contribution in [2.75, 3.05) is 6.61 Å². The van der Waals surface area contributed by atoms with Gasteiger partial charge in [-0.05, 0) is 38.5 Å². The largest absolute Gasteiger partial charge is 0.394 e. The average molecular weight is 548 g/mol. The molecule has 0 radical (unpaired) electrons. The van der Waals surface area contributed by atoms with E-state index in [9.17, 15) is 15.0 Å². The minimum Gasteiger partial charge on any atom is -0.394 e. The fraction of sp³-hybridized carbons (Fsp3) is 0.800. The van der Waals surface area contributed by atoms with Crippen LogP contribution in [0, 0.1) is 0 Å². The van der Waals surface area contributed by atoms with E-state index in [0.717, 1.165) is 25.7 Å². The molecule has 0 aromatic heterocycles. The molecular weight excluding hydrogens is 482 g/mol. The number of aliphatic hydroxyl groups excluding tert-OH is 2. The molecule has 4 heteroatoms. The van der Waals surface area contributed by atoms with Crippen LogP contribution in [0.1, 0.15) is 162 Å². The second kappa shape index (κ2) is 31.1. The summed E-state index contributed by atoms with van der Waals surface area (Å²) in [6.07, 6.45) is 39.4. The van der Waals surface area contributed by atoms with Gasteiger partial charge < -0.3 is 15.5 Å². The maximum Gasteiger partial charge on any atom is 0.220 e. The van der Waals surface area contributed by atoms with Gasteiger partial charge in [0.2, 0.25) is 5.91 Å². The molecule has 0 aliphatic carbocycles. The first-order valence-corrected chi connectivity index (χ1v) is 16.7. The van der Waals surface area contributed by atoms with Crippen molar-refractivity contribution in [3.05, 3.63) is 36.5 Å². The van der Waals surface area contributed by atoms with Crippen LogP contribution >= 0.6 is 0 Å². The number of hydrogen-bond donors (Lipinski definition) is 3. The Morgan fingerprint density at radius 1 is 0.615 bits per heavy atom. The lowest BCUT2D eigenvalue weighted by molar-refractivity contribution is -0.122. The van der Waals surface area contributed by atoms with Crippen LogP contribution < -0.4 is 5.32 Å². The van der Waals surface area contributed by atoms with Crippen LogP contribution in [0.15, 0.2) is 36.5 Å². The van der Waals surface area contributed by atoms with Crippen molar-refractivity contribution in [3.8, 4) is 0 Å². The number of amides is 1. The highest BCUT2D eigenvalue weighted by Crippen LogP contribution is 2.13. The van der Waals surface area contributed by atoms with E-state index >= 15 is 0 Å². The minimum absolute atomic E-state index is 0.134. The highest BCUT2D eigenvalue weighted by atomic mass is 16.3. The molecule has 0 saturated heterocycles. The molecule has 2 unspecified atom stereocenters. The number of hydrogen-bond acceptors (Lipinski definition) is 3. The third-order valence-electron chi connectivity index (χ3n) is 7.38. The number of rotatable bonds is 29. The Hall–Kier alpha value is -1.39. The van der Waals surface area contributed by atoms with Gasteiger partial charge in [0.15, 0.2) is 0 Å². The maximum atomic E-state index is 12.2. The Balaban J connectivity index is 3.75. The number of allylic oxidation sites excluding steroid dienone is 5. The van der Waals surface area contributed by atoms with E-state index in [0.29, 0.717) is 12.8 Å². The van der Waals surface area contributed by atoms with E-state index in [2.05, 4.69) is 37.4 Å². The molecule has 228 valence electrons. The second-order valence-corrected chi connectivity index (χ2v) is 11.2. The molecule has 1 amide bonds. The van der Waals surface area contributed by atoms with Crippen molar-refractivity contribution < 1.29 is 15.0 Å². The predicted octanol–water partition coefficient (Wildman–Crippen LogP) is 9.51. The van der Waals surface area contributed by atoms with E-state index in [1.807, 2.05) is 12.2 Å². The van der Waals surface area contributed by atoms with Gasteiger partial charge in [-0.1, -0.05) is 153 Å². The Labute approximate surface area is 242 Å². The smallest absolute Gasteiger partial charge is 0.220 e. The zero-order chi connectivity index (χ0) is 28.7. The van der Waals surface area contributed by atoms with Crippen LogP contribution in [0.5, 0.6) is 0 Å². The third kappa shape index (κ3) is 28.0. The van der Waals surface area contributed by atoms with Crippen LogP contribution in [0.4, 0.5) is 0 Å². The third-order valence-corrected chi connectivity index (χ3v) is 7.38. The van der Waals surface area contributed by atoms with Crippen molar-refractivity contribution in [3.63, 3.8) is 0 Å². The summed E-state index contributed by atoms with van der Waals surface area (Å²) in [4.78, 5) is 12.2. The lowest BCUT2D eigenvalue weighted by Crippen LogP contribution is -2.45. The lowest BCUT2D eigenvalue weighted by Gasteiger charge is -2.19. The van der Waals surface area contributed by atoms with Crippen molar-refractivity contribution in [2.45, 2.75) is 174 Å². The van der Waals surface area contributed by atoms with Gasteiger partial charge in [0, 0.05) is 6.42 Å². The SMILES string of the molecule is CCCCCCCC/C=C\C/C=C\CCC(=O)NC(CO)C(O)/C=C/CCCCCCCCCCCCCC. The predicted molar refractivity (Wildman–Crippen MR) is 170 cm³/mol. The quantitative estimate of drug-likeness (QED) is 0.0645. The second-order valence-electron chi connectivity index (χ2n) is 11.2. The van der Waals surface area contributed by atoms with E-state index in [-0.39, 0.29) is 12.5 Å². The van der Waals surface area contributed by atoms with Gasteiger partial charge in [0.1, 0.15) is 0 Å². The van der Waals surface area contributed by atoms with Crippen LogP contribution in [-0.2, 0) is 4.79 Å². The molecule has 3 N–H and O–H groups in total. The fourth-order valence-electron chi connectivity index (χ4n) is 4.75. The average Bonchev–Trinajstić information content (AvgIpc) is 2.94. The molecule has 0 spiro atoms. The summed E-state index contributed by atoms with van der Waals surface area (Å²) in [6.45, 7) is 4.25. The van der Waals surface area contributed by atoms with Gasteiger partial charge >= 0.3 is 0 Å². The van der Waals surface area contributed by atoms with Gasteiger partial charge in [-0.25, -0.2) is 0 Å². The molecule has 0 aliphatic heterocycles. The summed E-state index contributed by atoms with van der Waals surface area (Å²) < 4.78 is 0. The molecule has 0 aromatic rings. The Bertz CT molecular complexity index is 599. The molecule has 0 saturated carbocycles. The fourth-order valence-corrected chi connectivity index (χ4v) is 4.75. The van der Waals surface area contributed by atoms with E-state index < -0.39 is 12.1 Å². The molecule has 0 aliphatic rings. The maximum absolute atomic E-state index is 12.2. The number of carbonyl (C=O) groups is 1. The molecule has 0 rings (SSSR count). The summed E-state index contributed by atoms with van der Waals surface area (Å²) in [6, 6.07) is -0.649. The normalized spacial score (nSPS) is 13.6. The highest BCUT2D eigenvalue weighted by molar-refractivity contribution is 5.76. The summed E-state index contributed by atoms with van der Waals surface area (Å²) in [5.74, 6) is -0.134. The Morgan fingerprint density at radius 2 is 1.05 bits per heavy atom. The van der Waals surface area contributed by atoms with Crippen LogP contribution in [0.25, 0.3) is 0 Å². The molecule has 0 fully saturated rings. The minimum atomic E-state index is -0.858. The summed E-state index contributed by atoms with van der Waals surface area (Å²) in [7, 11) is 0. The Morgan fingerprint density at radius 3 is 1.54 bits per heavy atom. The number of aliphatic hydroxyl groups is 2. The van der Waals surface area contributed by atoms with Crippen molar-refractivity contribution >= 4 is 5.91 Å². The van der Waals surface area contributed by atoms with Crippen molar-refractivity contribution in [1.82, 2.24) is 5.32 Å². The van der Waals surface area contributed by atoms with Crippen LogP contribution in [0.3, 0.4) is 0 Å². The zero-order valence-corrected chi connectivity index (χ0v) is 25.9. The number of nitrogens with one attached hydrogen (secondary N) is 1. The molecule has 0 aromatic carbocycles. The van der Waals surface area contributed by atoms with Crippen molar-refractivity contribution in [1.29, 1.82) is 0 Å². The topological polar surface area (TPSA) is 69.6 Å². The molecular formula is C35H65NO3. The van der Waals surface area contributed by atoms with E-state index in [1.54, 1.807) is 6.08 Å². The van der Waals surface area contributed by atoms with Gasteiger partial charge in [-0.15, -0.1) is 0 Å². The molecule has 0 heterocycles. The van der Waals surface area contributed by atoms with Gasteiger partial charge in [0.05, 0.1) is 18.8 Å². The molecule has 0 bridgehead atoms. The lowest BCUT2D eigenvalue weighted by atomic mass is 10.0. The Kier molecular flexibility index (Phi) is 30.0.